The molecule has 1 aliphatic heterocycles. The number of aromatic nitrogens is 1. The first-order chi connectivity index (χ1) is 21.4. The highest BCUT2D eigenvalue weighted by atomic mass is 32.1. The van der Waals surface area contributed by atoms with E-state index in [0.29, 0.717) is 19.1 Å². The van der Waals surface area contributed by atoms with Gasteiger partial charge in [0.2, 0.25) is 5.91 Å². The number of fused-ring (bicyclic) bond motifs is 1. The molecule has 44 heavy (non-hydrogen) atoms. The number of benzene rings is 3. The van der Waals surface area contributed by atoms with Gasteiger partial charge in [-0.15, -0.1) is 0 Å². The molecule has 4 aromatic rings. The molecule has 1 aliphatic carbocycles. The number of carboxylic acids is 1. The number of carbonyl (C=O) groups is 2. The van der Waals surface area contributed by atoms with E-state index in [0.717, 1.165) is 85.1 Å². The number of hydrogen-bond acceptors (Lipinski definition) is 6. The summed E-state index contributed by atoms with van der Waals surface area (Å²) in [4.78, 5) is 42.4. The minimum Gasteiger partial charge on any atom is -0.497 e. The number of carbonyl (C=O) groups excluding carboxylic acids is 1. The van der Waals surface area contributed by atoms with Gasteiger partial charge >= 0.3 is 10.8 Å². The topological polar surface area (TPSA) is 92.1 Å². The molecular formula is C35H39N3O5S. The summed E-state index contributed by atoms with van der Waals surface area (Å²) >= 11 is 1.32. The highest BCUT2D eigenvalue weighted by molar-refractivity contribution is 7.16. The standard InChI is InChI=1S/C35H39N3O5S/c1-43-29-15-13-28(14-16-29)38-24-36(23-26-9-7-10-27(22-26)32(39)40)33(41)35(38)19-17-25(18-20-35)8-3-2-6-21-37-30-11-4-5-12-31(30)44-34(37)42/h4-5,7,9-16,22,25H,2-3,6,8,17-21,23-24H2,1H3,(H,39,40). The number of nitrogens with zero attached hydrogens (tertiary/aromatic N) is 3. The minimum absolute atomic E-state index is 0.120. The van der Waals surface area contributed by atoms with Crippen molar-refractivity contribution >= 4 is 39.1 Å². The normalized spacial score (nSPS) is 20.1. The number of hydrogen-bond donors (Lipinski definition) is 1. The van der Waals surface area contributed by atoms with Crippen molar-refractivity contribution in [3.63, 3.8) is 0 Å². The summed E-state index contributed by atoms with van der Waals surface area (Å²) in [6, 6.07) is 22.8. The van der Waals surface area contributed by atoms with Crippen LogP contribution in [-0.4, -0.2) is 45.8 Å². The number of anilines is 1. The van der Waals surface area contributed by atoms with Gasteiger partial charge in [-0.1, -0.05) is 54.9 Å². The van der Waals surface area contributed by atoms with Crippen LogP contribution in [0.5, 0.6) is 5.75 Å². The van der Waals surface area contributed by atoms with Crippen LogP contribution in [0.2, 0.25) is 0 Å². The number of amides is 1. The van der Waals surface area contributed by atoms with E-state index in [1.165, 1.54) is 11.3 Å². The third-order valence-electron chi connectivity index (χ3n) is 9.45. The van der Waals surface area contributed by atoms with Crippen molar-refractivity contribution in [2.24, 2.45) is 5.92 Å². The number of unbranched alkanes of at least 4 members (excludes halogenated alkanes) is 2. The number of methoxy groups -OCH3 is 1. The summed E-state index contributed by atoms with van der Waals surface area (Å²) in [5.41, 5.74) is 2.47. The van der Waals surface area contributed by atoms with E-state index in [1.807, 2.05) is 64.1 Å². The zero-order valence-corrected chi connectivity index (χ0v) is 25.9. The van der Waals surface area contributed by atoms with Crippen molar-refractivity contribution in [3.8, 4) is 5.75 Å². The van der Waals surface area contributed by atoms with Crippen LogP contribution in [0.4, 0.5) is 5.69 Å². The van der Waals surface area contributed by atoms with Crippen LogP contribution in [0.1, 0.15) is 67.3 Å². The summed E-state index contributed by atoms with van der Waals surface area (Å²) < 4.78 is 8.33. The Hall–Kier alpha value is -4.11. The van der Waals surface area contributed by atoms with E-state index >= 15 is 0 Å². The van der Waals surface area contributed by atoms with Crippen LogP contribution >= 0.6 is 11.3 Å². The lowest BCUT2D eigenvalue weighted by molar-refractivity contribution is -0.133. The van der Waals surface area contributed by atoms with Crippen LogP contribution in [-0.2, 0) is 17.9 Å². The third-order valence-corrected chi connectivity index (χ3v) is 10.4. The fraction of sp³-hybridized carbons (Fsp3) is 0.400. The fourth-order valence-corrected chi connectivity index (χ4v) is 7.97. The van der Waals surface area contributed by atoms with Crippen LogP contribution in [0.3, 0.4) is 0 Å². The number of thiazole rings is 1. The summed E-state index contributed by atoms with van der Waals surface area (Å²) in [5.74, 6) is 0.512. The van der Waals surface area contributed by atoms with Crippen molar-refractivity contribution in [2.75, 3.05) is 18.7 Å². The van der Waals surface area contributed by atoms with Gasteiger partial charge in [-0.3, -0.25) is 14.2 Å². The lowest BCUT2D eigenvalue weighted by Crippen LogP contribution is -2.51. The van der Waals surface area contributed by atoms with Crippen LogP contribution < -0.4 is 14.5 Å². The second-order valence-corrected chi connectivity index (χ2v) is 13.1. The molecule has 0 bridgehead atoms. The van der Waals surface area contributed by atoms with Gasteiger partial charge in [0, 0.05) is 18.8 Å². The Morgan fingerprint density at radius 3 is 2.50 bits per heavy atom. The van der Waals surface area contributed by atoms with Gasteiger partial charge in [-0.2, -0.15) is 0 Å². The average molecular weight is 614 g/mol. The molecule has 1 aromatic heterocycles. The van der Waals surface area contributed by atoms with Crippen molar-refractivity contribution in [2.45, 2.75) is 70.0 Å². The largest absolute Gasteiger partial charge is 0.497 e. The second-order valence-electron chi connectivity index (χ2n) is 12.1. The lowest BCUT2D eigenvalue weighted by Gasteiger charge is -2.42. The van der Waals surface area contributed by atoms with Crippen molar-refractivity contribution in [3.05, 3.63) is 93.6 Å². The number of para-hydroxylation sites is 1. The van der Waals surface area contributed by atoms with Crippen LogP contribution in [0.25, 0.3) is 10.2 Å². The van der Waals surface area contributed by atoms with Gasteiger partial charge < -0.3 is 19.6 Å². The number of ether oxygens (including phenoxy) is 1. The lowest BCUT2D eigenvalue weighted by atomic mass is 9.74. The van der Waals surface area contributed by atoms with Crippen LogP contribution in [0.15, 0.2) is 77.6 Å². The fourth-order valence-electron chi connectivity index (χ4n) is 7.05. The quantitative estimate of drug-likeness (QED) is 0.188. The zero-order valence-electron chi connectivity index (χ0n) is 25.1. The molecule has 0 radical (unpaired) electrons. The van der Waals surface area contributed by atoms with Gasteiger partial charge in [0.25, 0.3) is 0 Å². The van der Waals surface area contributed by atoms with Crippen molar-refractivity contribution in [1.29, 1.82) is 0 Å². The first kappa shape index (κ1) is 29.9. The predicted octanol–water partition coefficient (Wildman–Crippen LogP) is 6.77. The molecule has 1 amide bonds. The van der Waals surface area contributed by atoms with Gasteiger partial charge in [0.05, 0.1) is 29.6 Å². The highest BCUT2D eigenvalue weighted by Gasteiger charge is 2.53. The maximum atomic E-state index is 14.2. The summed E-state index contributed by atoms with van der Waals surface area (Å²) in [6.45, 7) is 1.59. The Morgan fingerprint density at radius 2 is 1.75 bits per heavy atom. The van der Waals surface area contributed by atoms with Crippen molar-refractivity contribution in [1.82, 2.24) is 9.47 Å². The van der Waals surface area contributed by atoms with Crippen LogP contribution in [0, 0.1) is 5.92 Å². The Bertz CT molecular complexity index is 1690. The van der Waals surface area contributed by atoms with E-state index in [1.54, 1.807) is 25.3 Å². The van der Waals surface area contributed by atoms with Gasteiger partial charge in [0.1, 0.15) is 11.3 Å². The number of rotatable bonds is 11. The molecule has 9 heteroatoms. The van der Waals surface area contributed by atoms with E-state index < -0.39 is 11.5 Å². The highest BCUT2D eigenvalue weighted by Crippen LogP contribution is 2.45. The smallest absolute Gasteiger partial charge is 0.335 e. The van der Waals surface area contributed by atoms with Gasteiger partial charge in [-0.05, 0) is 92.1 Å². The summed E-state index contributed by atoms with van der Waals surface area (Å²) in [5, 5.41) is 9.45. The van der Waals surface area contributed by atoms with E-state index in [4.69, 9.17) is 4.74 Å². The Balaban J connectivity index is 1.09. The summed E-state index contributed by atoms with van der Waals surface area (Å²) in [7, 11) is 1.65. The number of aromatic carboxylic acids is 1. The first-order valence-electron chi connectivity index (χ1n) is 15.5. The third kappa shape index (κ3) is 5.98. The molecular weight excluding hydrogens is 574 g/mol. The maximum Gasteiger partial charge on any atom is 0.335 e. The molecule has 2 aliphatic rings. The molecule has 1 saturated heterocycles. The van der Waals surface area contributed by atoms with Gasteiger partial charge in [-0.25, -0.2) is 4.79 Å². The molecule has 6 rings (SSSR count). The van der Waals surface area contributed by atoms with Gasteiger partial charge in [0.15, 0.2) is 0 Å². The first-order valence-corrected chi connectivity index (χ1v) is 16.3. The molecule has 2 heterocycles. The zero-order chi connectivity index (χ0) is 30.7. The molecule has 8 nitrogen and oxygen atoms in total. The SMILES string of the molecule is COc1ccc(N2CN(Cc3cccc(C(=O)O)c3)C(=O)C23CCC(CCCCCn2c(=O)sc4ccccc42)CC3)cc1. The van der Waals surface area contributed by atoms with Crippen molar-refractivity contribution < 1.29 is 19.4 Å². The molecule has 3 aromatic carbocycles. The predicted molar refractivity (Wildman–Crippen MR) is 174 cm³/mol. The number of aryl methyl sites for hydroxylation is 1. The molecule has 230 valence electrons. The maximum absolute atomic E-state index is 14.2. The van der Waals surface area contributed by atoms with E-state index in [-0.39, 0.29) is 16.3 Å². The van der Waals surface area contributed by atoms with E-state index in [2.05, 4.69) is 4.90 Å². The molecule has 1 spiro atoms. The van der Waals surface area contributed by atoms with E-state index in [9.17, 15) is 19.5 Å². The minimum atomic E-state index is -0.969. The molecule has 1 N–H and O–H groups in total. The molecule has 0 atom stereocenters. The molecule has 1 saturated carbocycles. The Kier molecular flexibility index (Phi) is 8.75. The monoisotopic (exact) mass is 613 g/mol. The average Bonchev–Trinajstić information content (AvgIpc) is 3.50. The Morgan fingerprint density at radius 1 is 0.977 bits per heavy atom. The molecule has 2 fully saturated rings. The molecule has 0 unspecified atom stereocenters. The second kappa shape index (κ2) is 12.9. The summed E-state index contributed by atoms with van der Waals surface area (Å²) in [6.07, 6.45) is 7.91. The number of carboxylic acid groups (broad SMARTS) is 1. The Labute approximate surface area is 261 Å².